The highest BCUT2D eigenvalue weighted by molar-refractivity contribution is 5.24. The summed E-state index contributed by atoms with van der Waals surface area (Å²) in [5.74, 6) is 0. The Labute approximate surface area is 97.7 Å². The summed E-state index contributed by atoms with van der Waals surface area (Å²) in [6.45, 7) is 3.10. The largest absolute Gasteiger partial charge is 0.387 e. The predicted molar refractivity (Wildman–Crippen MR) is 66.4 cm³/mol. The van der Waals surface area contributed by atoms with Gasteiger partial charge in [0.05, 0.1) is 6.10 Å². The van der Waals surface area contributed by atoms with Gasteiger partial charge in [-0.3, -0.25) is 0 Å². The summed E-state index contributed by atoms with van der Waals surface area (Å²) in [4.78, 5) is 0. The molecule has 88 valence electrons. The maximum Gasteiger partial charge on any atom is 0.0942 e. The third kappa shape index (κ3) is 2.83. The second-order valence-corrected chi connectivity index (χ2v) is 4.77. The van der Waals surface area contributed by atoms with E-state index in [0.717, 1.165) is 18.5 Å². The first-order valence-electron chi connectivity index (χ1n) is 6.25. The molecule has 2 nitrogen and oxygen atoms in total. The number of aliphatic hydroxyl groups is 1. The lowest BCUT2D eigenvalue weighted by Gasteiger charge is -2.22. The van der Waals surface area contributed by atoms with Crippen molar-refractivity contribution in [2.45, 2.75) is 44.8 Å². The molecule has 0 saturated carbocycles. The fraction of sp³-hybridized carbons (Fsp3) is 0.571. The molecule has 16 heavy (non-hydrogen) atoms. The molecule has 0 spiro atoms. The van der Waals surface area contributed by atoms with Crippen LogP contribution in [-0.4, -0.2) is 17.7 Å². The van der Waals surface area contributed by atoms with Gasteiger partial charge in [0, 0.05) is 6.04 Å². The van der Waals surface area contributed by atoms with Crippen LogP contribution < -0.4 is 5.32 Å². The van der Waals surface area contributed by atoms with Crippen molar-refractivity contribution in [3.05, 3.63) is 35.4 Å². The van der Waals surface area contributed by atoms with E-state index in [-0.39, 0.29) is 12.1 Å². The van der Waals surface area contributed by atoms with E-state index in [4.69, 9.17) is 0 Å². The number of benzene rings is 1. The van der Waals surface area contributed by atoms with Crippen LogP contribution in [0.15, 0.2) is 24.3 Å². The molecular weight excluding hydrogens is 198 g/mol. The molecule has 0 amide bonds. The molecular formula is C14H21NO. The number of aryl methyl sites for hydroxylation is 1. The summed E-state index contributed by atoms with van der Waals surface area (Å²) < 4.78 is 0. The van der Waals surface area contributed by atoms with Crippen LogP contribution >= 0.6 is 0 Å². The van der Waals surface area contributed by atoms with E-state index in [0.29, 0.717) is 0 Å². The zero-order chi connectivity index (χ0) is 11.4. The van der Waals surface area contributed by atoms with Gasteiger partial charge in [-0.2, -0.15) is 0 Å². The molecule has 2 N–H and O–H groups in total. The number of nitrogens with one attached hydrogen (secondary N) is 1. The average Bonchev–Trinajstić information content (AvgIpc) is 2.57. The van der Waals surface area contributed by atoms with E-state index < -0.39 is 0 Å². The van der Waals surface area contributed by atoms with Crippen LogP contribution in [0.2, 0.25) is 0 Å². The molecule has 1 saturated heterocycles. The van der Waals surface area contributed by atoms with Crippen molar-refractivity contribution in [2.24, 2.45) is 0 Å². The topological polar surface area (TPSA) is 32.3 Å². The van der Waals surface area contributed by atoms with E-state index in [9.17, 15) is 5.11 Å². The summed E-state index contributed by atoms with van der Waals surface area (Å²) in [6, 6.07) is 8.43. The van der Waals surface area contributed by atoms with Crippen molar-refractivity contribution in [1.29, 1.82) is 0 Å². The summed E-state index contributed by atoms with van der Waals surface area (Å²) in [5.41, 5.74) is 2.27. The Morgan fingerprint density at radius 3 is 2.69 bits per heavy atom. The number of rotatable bonds is 2. The monoisotopic (exact) mass is 219 g/mol. The fourth-order valence-corrected chi connectivity index (χ4v) is 2.32. The molecule has 0 aromatic heterocycles. The van der Waals surface area contributed by atoms with Crippen LogP contribution in [-0.2, 0) is 0 Å². The van der Waals surface area contributed by atoms with Gasteiger partial charge in [0.15, 0.2) is 0 Å². The molecule has 1 aromatic rings. The van der Waals surface area contributed by atoms with Gasteiger partial charge in [-0.25, -0.2) is 0 Å². The SMILES string of the molecule is Cc1ccc(C(O)C2CCCCCN2)cc1. The van der Waals surface area contributed by atoms with Gasteiger partial charge in [0.1, 0.15) is 0 Å². The molecule has 0 bridgehead atoms. The van der Waals surface area contributed by atoms with Gasteiger partial charge in [-0.1, -0.05) is 42.7 Å². The summed E-state index contributed by atoms with van der Waals surface area (Å²) in [5, 5.41) is 13.7. The predicted octanol–water partition coefficient (Wildman–Crippen LogP) is 2.56. The number of hydrogen-bond donors (Lipinski definition) is 2. The zero-order valence-corrected chi connectivity index (χ0v) is 9.95. The zero-order valence-electron chi connectivity index (χ0n) is 9.95. The smallest absolute Gasteiger partial charge is 0.0942 e. The summed E-state index contributed by atoms with van der Waals surface area (Å²) in [6.07, 6.45) is 4.45. The van der Waals surface area contributed by atoms with Gasteiger partial charge in [-0.15, -0.1) is 0 Å². The highest BCUT2D eigenvalue weighted by atomic mass is 16.3. The van der Waals surface area contributed by atoms with Gasteiger partial charge < -0.3 is 10.4 Å². The molecule has 2 rings (SSSR count). The first-order valence-corrected chi connectivity index (χ1v) is 6.25. The van der Waals surface area contributed by atoms with Crippen molar-refractivity contribution < 1.29 is 5.11 Å². The minimum Gasteiger partial charge on any atom is -0.387 e. The minimum atomic E-state index is -0.362. The molecule has 1 aromatic carbocycles. The second kappa shape index (κ2) is 5.46. The van der Waals surface area contributed by atoms with Crippen molar-refractivity contribution in [2.75, 3.05) is 6.54 Å². The molecule has 1 aliphatic heterocycles. The van der Waals surface area contributed by atoms with Gasteiger partial charge in [0.2, 0.25) is 0 Å². The normalized spacial score (nSPS) is 23.8. The van der Waals surface area contributed by atoms with Crippen molar-refractivity contribution in [3.63, 3.8) is 0 Å². The van der Waals surface area contributed by atoms with Crippen LogP contribution in [0, 0.1) is 6.92 Å². The lowest BCUT2D eigenvalue weighted by molar-refractivity contribution is 0.126. The first kappa shape index (κ1) is 11.6. The quantitative estimate of drug-likeness (QED) is 0.801. The lowest BCUT2D eigenvalue weighted by atomic mass is 9.98. The van der Waals surface area contributed by atoms with E-state index in [1.54, 1.807) is 0 Å². The Bertz CT molecular complexity index is 312. The van der Waals surface area contributed by atoms with Crippen LogP contribution in [0.3, 0.4) is 0 Å². The fourth-order valence-electron chi connectivity index (χ4n) is 2.32. The standard InChI is InChI=1S/C14H21NO/c1-11-6-8-12(9-7-11)14(16)13-5-3-2-4-10-15-13/h6-9,13-16H,2-5,10H2,1H3. The van der Waals surface area contributed by atoms with E-state index in [1.807, 2.05) is 12.1 Å². The number of hydrogen-bond acceptors (Lipinski definition) is 2. The van der Waals surface area contributed by atoms with Crippen LogP contribution in [0.5, 0.6) is 0 Å². The third-order valence-corrected chi connectivity index (χ3v) is 3.40. The van der Waals surface area contributed by atoms with Crippen LogP contribution in [0.4, 0.5) is 0 Å². The molecule has 1 heterocycles. The maximum absolute atomic E-state index is 10.3. The summed E-state index contributed by atoms with van der Waals surface area (Å²) >= 11 is 0. The highest BCUT2D eigenvalue weighted by Gasteiger charge is 2.21. The van der Waals surface area contributed by atoms with Crippen molar-refractivity contribution in [1.82, 2.24) is 5.32 Å². The van der Waals surface area contributed by atoms with E-state index in [2.05, 4.69) is 24.4 Å². The maximum atomic E-state index is 10.3. The van der Waals surface area contributed by atoms with Crippen molar-refractivity contribution in [3.8, 4) is 0 Å². The molecule has 2 unspecified atom stereocenters. The third-order valence-electron chi connectivity index (χ3n) is 3.40. The van der Waals surface area contributed by atoms with E-state index in [1.165, 1.54) is 24.8 Å². The Hall–Kier alpha value is -0.860. The Balaban J connectivity index is 2.04. The van der Waals surface area contributed by atoms with E-state index >= 15 is 0 Å². The van der Waals surface area contributed by atoms with Gasteiger partial charge in [-0.05, 0) is 31.9 Å². The molecule has 1 aliphatic rings. The molecule has 2 atom stereocenters. The van der Waals surface area contributed by atoms with Crippen LogP contribution in [0.25, 0.3) is 0 Å². The van der Waals surface area contributed by atoms with Gasteiger partial charge >= 0.3 is 0 Å². The Morgan fingerprint density at radius 1 is 1.19 bits per heavy atom. The Morgan fingerprint density at radius 2 is 1.94 bits per heavy atom. The summed E-state index contributed by atoms with van der Waals surface area (Å²) in [7, 11) is 0. The number of aliphatic hydroxyl groups excluding tert-OH is 1. The minimum absolute atomic E-state index is 0.227. The molecule has 2 heteroatoms. The highest BCUT2D eigenvalue weighted by Crippen LogP contribution is 2.22. The average molecular weight is 219 g/mol. The molecule has 1 fully saturated rings. The molecule has 0 aliphatic carbocycles. The molecule has 0 radical (unpaired) electrons. The van der Waals surface area contributed by atoms with Crippen LogP contribution in [0.1, 0.15) is 42.9 Å². The lowest BCUT2D eigenvalue weighted by Crippen LogP contribution is -2.34. The Kier molecular flexibility index (Phi) is 3.97. The second-order valence-electron chi connectivity index (χ2n) is 4.77. The first-order chi connectivity index (χ1) is 7.77. The van der Waals surface area contributed by atoms with Crippen molar-refractivity contribution >= 4 is 0 Å². The van der Waals surface area contributed by atoms with Gasteiger partial charge in [0.25, 0.3) is 0 Å².